The number of benzene rings is 2. The zero-order valence-corrected chi connectivity index (χ0v) is 26.0. The number of nitrogens with one attached hydrogen (secondary N) is 3. The Kier molecular flexibility index (Phi) is 14.1. The van der Waals surface area contributed by atoms with E-state index < -0.39 is 65.3 Å². The smallest absolute Gasteiger partial charge is 0.325 e. The van der Waals surface area contributed by atoms with Gasteiger partial charge in [0.1, 0.15) is 29.9 Å². The fourth-order valence-electron chi connectivity index (χ4n) is 5.14. The minimum absolute atomic E-state index is 0.0708. The van der Waals surface area contributed by atoms with E-state index in [1.807, 2.05) is 6.07 Å². The summed E-state index contributed by atoms with van der Waals surface area (Å²) in [6.45, 7) is 0.811. The van der Waals surface area contributed by atoms with Gasteiger partial charge in [-0.15, -0.1) is 0 Å². The average Bonchev–Trinajstić information content (AvgIpc) is 3.06. The van der Waals surface area contributed by atoms with Crippen molar-refractivity contribution in [1.29, 1.82) is 0 Å². The summed E-state index contributed by atoms with van der Waals surface area (Å²) in [6, 6.07) is 10.0. The first-order valence-corrected chi connectivity index (χ1v) is 15.2. The van der Waals surface area contributed by atoms with Crippen molar-refractivity contribution in [2.24, 2.45) is 5.92 Å². The standard InChI is InChI=1S/C32H40N4O10/c1-3-46-28(37)18-33-32(41)29(38)26(20-45-19-22-12-8-5-9-13-22)35-31(40)25(16-21-10-6-4-7-11-21)34-30(39)24-17-23(44-2)14-15-27(24)36(42)43/h5,8-9,12-15,17,21,25-26H,3-4,6-7,10-11,16,18-20H2,1-2H3,(H,33,41)(H,34,39)(H,35,40)/t25-,26?/m0/s1. The third kappa shape index (κ3) is 10.9. The first kappa shape index (κ1) is 35.6. The van der Waals surface area contributed by atoms with Gasteiger partial charge in [0.2, 0.25) is 11.7 Å². The van der Waals surface area contributed by atoms with Crippen LogP contribution in [-0.2, 0) is 35.3 Å². The van der Waals surface area contributed by atoms with Crippen LogP contribution in [0.25, 0.3) is 0 Å². The summed E-state index contributed by atoms with van der Waals surface area (Å²) in [4.78, 5) is 75.7. The molecule has 3 amide bonds. The number of hydrogen-bond donors (Lipinski definition) is 3. The number of nitro groups is 1. The normalized spacial score (nSPS) is 14.3. The third-order valence-electron chi connectivity index (χ3n) is 7.51. The summed E-state index contributed by atoms with van der Waals surface area (Å²) < 4.78 is 15.6. The van der Waals surface area contributed by atoms with Crippen molar-refractivity contribution in [3.05, 3.63) is 69.8 Å². The lowest BCUT2D eigenvalue weighted by Gasteiger charge is -2.28. The van der Waals surface area contributed by atoms with Crippen LogP contribution in [0.4, 0.5) is 5.69 Å². The van der Waals surface area contributed by atoms with Gasteiger partial charge in [-0.2, -0.15) is 0 Å². The van der Waals surface area contributed by atoms with Gasteiger partial charge in [0.15, 0.2) is 0 Å². The highest BCUT2D eigenvalue weighted by Crippen LogP contribution is 2.28. The average molecular weight is 641 g/mol. The molecular formula is C32H40N4O10. The number of methoxy groups -OCH3 is 1. The number of ether oxygens (including phenoxy) is 3. The zero-order valence-electron chi connectivity index (χ0n) is 26.0. The van der Waals surface area contributed by atoms with Gasteiger partial charge in [-0.1, -0.05) is 62.4 Å². The van der Waals surface area contributed by atoms with Crippen molar-refractivity contribution in [2.75, 3.05) is 26.9 Å². The summed E-state index contributed by atoms with van der Waals surface area (Å²) in [5.74, 6) is -4.33. The highest BCUT2D eigenvalue weighted by Gasteiger charge is 2.33. The number of Topliss-reactive ketones (excluding diaryl/α,β-unsaturated/α-hetero) is 1. The number of nitro benzene ring substituents is 1. The molecule has 3 rings (SSSR count). The molecule has 2 atom stereocenters. The summed E-state index contributed by atoms with van der Waals surface area (Å²) in [5.41, 5.74) is 0.00725. The van der Waals surface area contributed by atoms with E-state index in [-0.39, 0.29) is 36.9 Å². The van der Waals surface area contributed by atoms with Crippen LogP contribution in [0, 0.1) is 16.0 Å². The first-order chi connectivity index (χ1) is 22.1. The Balaban J connectivity index is 1.83. The first-order valence-electron chi connectivity index (χ1n) is 15.2. The second-order valence-electron chi connectivity index (χ2n) is 10.8. The van der Waals surface area contributed by atoms with E-state index in [4.69, 9.17) is 14.2 Å². The molecule has 3 N–H and O–H groups in total. The van der Waals surface area contributed by atoms with E-state index in [1.54, 1.807) is 31.2 Å². The highest BCUT2D eigenvalue weighted by atomic mass is 16.6. The third-order valence-corrected chi connectivity index (χ3v) is 7.51. The predicted octanol–water partition coefficient (Wildman–Crippen LogP) is 2.62. The van der Waals surface area contributed by atoms with E-state index in [0.29, 0.717) is 0 Å². The highest BCUT2D eigenvalue weighted by molar-refractivity contribution is 6.38. The van der Waals surface area contributed by atoms with Gasteiger partial charge < -0.3 is 30.2 Å². The van der Waals surface area contributed by atoms with Gasteiger partial charge in [0.25, 0.3) is 17.5 Å². The van der Waals surface area contributed by atoms with Gasteiger partial charge in [-0.3, -0.25) is 34.1 Å². The molecule has 0 radical (unpaired) electrons. The summed E-state index contributed by atoms with van der Waals surface area (Å²) in [7, 11) is 1.35. The largest absolute Gasteiger partial charge is 0.497 e. The van der Waals surface area contributed by atoms with E-state index >= 15 is 0 Å². The molecule has 14 heteroatoms. The van der Waals surface area contributed by atoms with Crippen LogP contribution in [0.1, 0.15) is 61.4 Å². The SMILES string of the molecule is CCOC(=O)CNC(=O)C(=O)C(COCc1ccccc1)NC(=O)[C@H](CC1CCCCC1)NC(=O)c1cc(OC)ccc1[N+](=O)[O-]. The molecule has 14 nitrogen and oxygen atoms in total. The van der Waals surface area contributed by atoms with Gasteiger partial charge in [-0.05, 0) is 37.0 Å². The maximum atomic E-state index is 13.7. The minimum Gasteiger partial charge on any atom is -0.497 e. The molecule has 1 fully saturated rings. The Labute approximate surface area is 266 Å². The molecule has 0 bridgehead atoms. The molecular weight excluding hydrogens is 600 g/mol. The number of hydrogen-bond acceptors (Lipinski definition) is 10. The van der Waals surface area contributed by atoms with Gasteiger partial charge in [0.05, 0.1) is 31.9 Å². The lowest BCUT2D eigenvalue weighted by molar-refractivity contribution is -0.385. The molecule has 1 aliphatic carbocycles. The fourth-order valence-corrected chi connectivity index (χ4v) is 5.14. The van der Waals surface area contributed by atoms with Crippen LogP contribution >= 0.6 is 0 Å². The Morgan fingerprint density at radius 2 is 1.70 bits per heavy atom. The number of carbonyl (C=O) groups excluding carboxylic acids is 5. The van der Waals surface area contributed by atoms with Gasteiger partial charge >= 0.3 is 5.97 Å². The second-order valence-corrected chi connectivity index (χ2v) is 10.8. The van der Waals surface area contributed by atoms with Crippen LogP contribution in [0.5, 0.6) is 5.75 Å². The van der Waals surface area contributed by atoms with Crippen LogP contribution < -0.4 is 20.7 Å². The molecule has 0 spiro atoms. The molecule has 248 valence electrons. The summed E-state index contributed by atoms with van der Waals surface area (Å²) in [6.07, 6.45) is 4.78. The van der Waals surface area contributed by atoms with Crippen molar-refractivity contribution in [3.63, 3.8) is 0 Å². The molecule has 1 unspecified atom stereocenters. The Morgan fingerprint density at radius 1 is 0.978 bits per heavy atom. The molecule has 2 aromatic carbocycles. The molecule has 0 saturated heterocycles. The van der Waals surface area contributed by atoms with Crippen molar-refractivity contribution in [1.82, 2.24) is 16.0 Å². The molecule has 0 aromatic heterocycles. The molecule has 1 aliphatic rings. The molecule has 46 heavy (non-hydrogen) atoms. The Bertz CT molecular complexity index is 1380. The summed E-state index contributed by atoms with van der Waals surface area (Å²) in [5, 5.41) is 19.0. The van der Waals surface area contributed by atoms with E-state index in [9.17, 15) is 34.1 Å². The number of nitrogens with zero attached hydrogens (tertiary/aromatic N) is 1. The van der Waals surface area contributed by atoms with Crippen LogP contribution in [-0.4, -0.2) is 73.3 Å². The molecule has 0 heterocycles. The van der Waals surface area contributed by atoms with Crippen molar-refractivity contribution in [3.8, 4) is 5.75 Å². The van der Waals surface area contributed by atoms with Gasteiger partial charge in [0, 0.05) is 6.07 Å². The van der Waals surface area contributed by atoms with E-state index in [1.165, 1.54) is 19.2 Å². The molecule has 0 aliphatic heterocycles. The van der Waals surface area contributed by atoms with Crippen molar-refractivity contribution < 1.29 is 43.1 Å². The number of esters is 1. The van der Waals surface area contributed by atoms with E-state index in [0.717, 1.165) is 43.7 Å². The lowest BCUT2D eigenvalue weighted by atomic mass is 9.84. The van der Waals surface area contributed by atoms with Gasteiger partial charge in [-0.25, -0.2) is 0 Å². The van der Waals surface area contributed by atoms with Crippen LogP contribution in [0.3, 0.4) is 0 Å². The van der Waals surface area contributed by atoms with Crippen molar-refractivity contribution >= 4 is 35.2 Å². The number of carbonyl (C=O) groups is 5. The fraction of sp³-hybridized carbons (Fsp3) is 0.469. The topological polar surface area (TPSA) is 192 Å². The Morgan fingerprint density at radius 3 is 2.35 bits per heavy atom. The number of rotatable bonds is 17. The van der Waals surface area contributed by atoms with Crippen LogP contribution in [0.2, 0.25) is 0 Å². The van der Waals surface area contributed by atoms with E-state index in [2.05, 4.69) is 16.0 Å². The zero-order chi connectivity index (χ0) is 33.5. The minimum atomic E-state index is -1.48. The Hall–Kier alpha value is -4.85. The summed E-state index contributed by atoms with van der Waals surface area (Å²) >= 11 is 0. The maximum Gasteiger partial charge on any atom is 0.325 e. The second kappa shape index (κ2) is 18.2. The molecule has 2 aromatic rings. The monoisotopic (exact) mass is 640 g/mol. The predicted molar refractivity (Wildman–Crippen MR) is 165 cm³/mol. The van der Waals surface area contributed by atoms with Crippen LogP contribution in [0.15, 0.2) is 48.5 Å². The maximum absolute atomic E-state index is 13.7. The quantitative estimate of drug-likeness (QED) is 0.100. The number of ketones is 1. The lowest BCUT2D eigenvalue weighted by Crippen LogP contribution is -2.56. The number of amides is 3. The molecule has 1 saturated carbocycles. The van der Waals surface area contributed by atoms with Crippen molar-refractivity contribution in [2.45, 2.75) is 64.1 Å².